The molecular formula is C11H22N4O2. The van der Waals surface area contributed by atoms with Crippen LogP contribution in [0, 0.1) is 0 Å². The Morgan fingerprint density at radius 2 is 1.94 bits per heavy atom. The van der Waals surface area contributed by atoms with E-state index in [1.165, 1.54) is 4.90 Å². The third kappa shape index (κ3) is 3.67. The molecule has 6 heteroatoms. The smallest absolute Gasteiger partial charge is 0.246 e. The van der Waals surface area contributed by atoms with E-state index in [4.69, 9.17) is 0 Å². The molecule has 0 aromatic carbocycles. The first-order chi connectivity index (χ1) is 7.93. The van der Waals surface area contributed by atoms with Crippen molar-refractivity contribution in [3.8, 4) is 0 Å². The van der Waals surface area contributed by atoms with Gasteiger partial charge in [-0.2, -0.15) is 0 Å². The van der Waals surface area contributed by atoms with Gasteiger partial charge in [0.15, 0.2) is 0 Å². The second-order valence-corrected chi connectivity index (χ2v) is 4.78. The minimum Gasteiger partial charge on any atom is -0.347 e. The Kier molecular flexibility index (Phi) is 4.89. The number of rotatable bonds is 3. The van der Waals surface area contributed by atoms with E-state index in [1.54, 1.807) is 19.0 Å². The Morgan fingerprint density at radius 3 is 2.47 bits per heavy atom. The largest absolute Gasteiger partial charge is 0.347 e. The van der Waals surface area contributed by atoms with Crippen molar-refractivity contribution in [3.05, 3.63) is 0 Å². The van der Waals surface area contributed by atoms with E-state index in [0.29, 0.717) is 19.6 Å². The summed E-state index contributed by atoms with van der Waals surface area (Å²) in [5, 5.41) is 3.15. The van der Waals surface area contributed by atoms with E-state index in [-0.39, 0.29) is 17.9 Å². The second kappa shape index (κ2) is 5.97. The fourth-order valence-corrected chi connectivity index (χ4v) is 1.88. The van der Waals surface area contributed by atoms with Crippen molar-refractivity contribution in [3.63, 3.8) is 0 Å². The van der Waals surface area contributed by atoms with Crippen LogP contribution >= 0.6 is 0 Å². The highest BCUT2D eigenvalue weighted by Crippen LogP contribution is 2.06. The first kappa shape index (κ1) is 13.9. The van der Waals surface area contributed by atoms with Gasteiger partial charge < -0.3 is 20.0 Å². The number of carbonyl (C=O) groups excluding carboxylic acids is 2. The standard InChI is InChI=1S/C11H22N4O2/c1-13(2)8-10(16)15-6-5-12-7-9(15)11(17)14(3)4/h9,12H,5-8H2,1-4H3. The molecule has 17 heavy (non-hydrogen) atoms. The molecule has 1 fully saturated rings. The SMILES string of the molecule is CN(C)CC(=O)N1CCNCC1C(=O)N(C)C. The summed E-state index contributed by atoms with van der Waals surface area (Å²) in [6, 6.07) is -0.369. The highest BCUT2D eigenvalue weighted by Gasteiger charge is 2.32. The molecule has 0 radical (unpaired) electrons. The zero-order valence-electron chi connectivity index (χ0n) is 11.1. The molecule has 2 amide bonds. The van der Waals surface area contributed by atoms with Gasteiger partial charge in [-0.25, -0.2) is 0 Å². The summed E-state index contributed by atoms with van der Waals surface area (Å²) >= 11 is 0. The molecule has 0 bridgehead atoms. The molecule has 6 nitrogen and oxygen atoms in total. The Morgan fingerprint density at radius 1 is 1.29 bits per heavy atom. The Labute approximate surface area is 103 Å². The van der Waals surface area contributed by atoms with Crippen LogP contribution in [0.1, 0.15) is 0 Å². The van der Waals surface area contributed by atoms with Gasteiger partial charge in [-0.15, -0.1) is 0 Å². The summed E-state index contributed by atoms with van der Waals surface area (Å²) in [7, 11) is 7.13. The summed E-state index contributed by atoms with van der Waals surface area (Å²) in [6.45, 7) is 2.22. The molecule has 1 unspecified atom stereocenters. The molecule has 98 valence electrons. The fraction of sp³-hybridized carbons (Fsp3) is 0.818. The van der Waals surface area contributed by atoms with Crippen molar-refractivity contribution in [2.75, 3.05) is 54.4 Å². The molecule has 1 N–H and O–H groups in total. The minimum atomic E-state index is -0.369. The van der Waals surface area contributed by atoms with Crippen LogP contribution in [0.25, 0.3) is 0 Å². The monoisotopic (exact) mass is 242 g/mol. The highest BCUT2D eigenvalue weighted by atomic mass is 16.2. The second-order valence-electron chi connectivity index (χ2n) is 4.78. The van der Waals surface area contributed by atoms with Gasteiger partial charge >= 0.3 is 0 Å². The van der Waals surface area contributed by atoms with Crippen molar-refractivity contribution >= 4 is 11.8 Å². The van der Waals surface area contributed by atoms with Gasteiger partial charge in [0.2, 0.25) is 11.8 Å². The van der Waals surface area contributed by atoms with E-state index in [9.17, 15) is 9.59 Å². The average molecular weight is 242 g/mol. The summed E-state index contributed by atoms with van der Waals surface area (Å²) in [5.41, 5.74) is 0. The molecule has 1 saturated heterocycles. The van der Waals surface area contributed by atoms with Crippen LogP contribution < -0.4 is 5.32 Å². The lowest BCUT2D eigenvalue weighted by molar-refractivity contribution is -0.145. The molecule has 1 rings (SSSR count). The molecule has 0 saturated carbocycles. The number of hydrogen-bond acceptors (Lipinski definition) is 4. The molecule has 1 aliphatic heterocycles. The molecule has 1 heterocycles. The van der Waals surface area contributed by atoms with Crippen LogP contribution in [0.3, 0.4) is 0 Å². The van der Waals surface area contributed by atoms with Gasteiger partial charge in [-0.05, 0) is 14.1 Å². The molecule has 0 aromatic heterocycles. The molecular weight excluding hydrogens is 220 g/mol. The van der Waals surface area contributed by atoms with Crippen molar-refractivity contribution in [2.45, 2.75) is 6.04 Å². The van der Waals surface area contributed by atoms with Crippen LogP contribution in [0.2, 0.25) is 0 Å². The lowest BCUT2D eigenvalue weighted by atomic mass is 10.1. The number of nitrogens with one attached hydrogen (secondary N) is 1. The number of hydrogen-bond donors (Lipinski definition) is 1. The van der Waals surface area contributed by atoms with Gasteiger partial charge in [0.1, 0.15) is 6.04 Å². The van der Waals surface area contributed by atoms with Crippen LogP contribution in [0.4, 0.5) is 0 Å². The minimum absolute atomic E-state index is 0.0108. The number of carbonyl (C=O) groups is 2. The third-order valence-electron chi connectivity index (χ3n) is 2.74. The van der Waals surface area contributed by atoms with E-state index in [2.05, 4.69) is 5.32 Å². The van der Waals surface area contributed by atoms with Crippen LogP contribution in [-0.2, 0) is 9.59 Å². The number of likely N-dealkylation sites (N-methyl/N-ethyl adjacent to an activating group) is 2. The number of nitrogens with zero attached hydrogens (tertiary/aromatic N) is 3. The lowest BCUT2D eigenvalue weighted by Gasteiger charge is -2.37. The predicted octanol–water partition coefficient (Wildman–Crippen LogP) is -1.56. The Hall–Kier alpha value is -1.14. The highest BCUT2D eigenvalue weighted by molar-refractivity contribution is 5.88. The van der Waals surface area contributed by atoms with Gasteiger partial charge in [-0.3, -0.25) is 9.59 Å². The van der Waals surface area contributed by atoms with Crippen LogP contribution in [0.5, 0.6) is 0 Å². The number of piperazine rings is 1. The molecule has 0 aromatic rings. The van der Waals surface area contributed by atoms with Crippen molar-refractivity contribution < 1.29 is 9.59 Å². The maximum Gasteiger partial charge on any atom is 0.246 e. The van der Waals surface area contributed by atoms with Crippen molar-refractivity contribution in [1.82, 2.24) is 20.0 Å². The topological polar surface area (TPSA) is 55.9 Å². The van der Waals surface area contributed by atoms with Crippen LogP contribution in [-0.4, -0.2) is 86.9 Å². The van der Waals surface area contributed by atoms with E-state index in [1.807, 2.05) is 19.0 Å². The van der Waals surface area contributed by atoms with Gasteiger partial charge in [0.05, 0.1) is 6.54 Å². The summed E-state index contributed by atoms with van der Waals surface area (Å²) in [4.78, 5) is 29.0. The zero-order chi connectivity index (χ0) is 13.0. The number of amides is 2. The summed E-state index contributed by atoms with van der Waals surface area (Å²) in [6.07, 6.45) is 0. The Balaban J connectivity index is 2.72. The van der Waals surface area contributed by atoms with Crippen LogP contribution in [0.15, 0.2) is 0 Å². The predicted molar refractivity (Wildman–Crippen MR) is 65.6 cm³/mol. The van der Waals surface area contributed by atoms with Crippen molar-refractivity contribution in [1.29, 1.82) is 0 Å². The van der Waals surface area contributed by atoms with E-state index >= 15 is 0 Å². The Bertz CT molecular complexity index is 291. The third-order valence-corrected chi connectivity index (χ3v) is 2.74. The first-order valence-electron chi connectivity index (χ1n) is 5.79. The molecule has 1 aliphatic rings. The maximum absolute atomic E-state index is 12.0. The maximum atomic E-state index is 12.0. The molecule has 1 atom stereocenters. The quantitative estimate of drug-likeness (QED) is 0.650. The molecule has 0 spiro atoms. The van der Waals surface area contributed by atoms with E-state index in [0.717, 1.165) is 6.54 Å². The summed E-state index contributed by atoms with van der Waals surface area (Å²) < 4.78 is 0. The first-order valence-corrected chi connectivity index (χ1v) is 5.79. The normalized spacial score (nSPS) is 20.5. The summed E-state index contributed by atoms with van der Waals surface area (Å²) in [5.74, 6) is -0.0130. The van der Waals surface area contributed by atoms with Gasteiger partial charge in [0.25, 0.3) is 0 Å². The van der Waals surface area contributed by atoms with Crippen molar-refractivity contribution in [2.24, 2.45) is 0 Å². The van der Waals surface area contributed by atoms with Gasteiger partial charge in [-0.1, -0.05) is 0 Å². The van der Waals surface area contributed by atoms with E-state index < -0.39 is 0 Å². The lowest BCUT2D eigenvalue weighted by Crippen LogP contribution is -2.60. The fourth-order valence-electron chi connectivity index (χ4n) is 1.88. The zero-order valence-corrected chi connectivity index (χ0v) is 11.1. The average Bonchev–Trinajstić information content (AvgIpc) is 2.27. The van der Waals surface area contributed by atoms with Gasteiger partial charge in [0, 0.05) is 33.7 Å². The molecule has 0 aliphatic carbocycles.